The first kappa shape index (κ1) is 14.4. The van der Waals surface area contributed by atoms with E-state index in [9.17, 15) is 9.59 Å². The quantitative estimate of drug-likeness (QED) is 0.918. The Bertz CT molecular complexity index is 822. The number of nitrogens with one attached hydrogen (secondary N) is 1. The van der Waals surface area contributed by atoms with Gasteiger partial charge in [-0.15, -0.1) is 0 Å². The van der Waals surface area contributed by atoms with Crippen LogP contribution in [0.3, 0.4) is 0 Å². The Kier molecular flexibility index (Phi) is 3.61. The van der Waals surface area contributed by atoms with Crippen LogP contribution in [0.5, 0.6) is 0 Å². The Balaban J connectivity index is 1.68. The second kappa shape index (κ2) is 5.77. The molecule has 1 aromatic heterocycles. The molecule has 2 aromatic rings. The number of hydrogen-bond acceptors (Lipinski definition) is 4. The van der Waals surface area contributed by atoms with Gasteiger partial charge in [0.15, 0.2) is 0 Å². The number of carbonyl (C=O) groups is 1. The second-order valence-electron chi connectivity index (χ2n) is 6.16. The van der Waals surface area contributed by atoms with E-state index in [0.717, 1.165) is 44.5 Å². The molecule has 0 bridgehead atoms. The molecule has 1 fully saturated rings. The van der Waals surface area contributed by atoms with Gasteiger partial charge in [0.1, 0.15) is 11.9 Å². The Hall–Kier alpha value is -2.21. The summed E-state index contributed by atoms with van der Waals surface area (Å²) in [6, 6.07) is 5.32. The average molecular weight is 313 g/mol. The molecular formula is C17H19N3O3. The lowest BCUT2D eigenvalue weighted by molar-refractivity contribution is -0.124. The van der Waals surface area contributed by atoms with Crippen molar-refractivity contribution in [2.75, 3.05) is 11.9 Å². The fourth-order valence-corrected chi connectivity index (χ4v) is 3.33. The molecule has 0 spiro atoms. The summed E-state index contributed by atoms with van der Waals surface area (Å²) in [4.78, 5) is 29.4. The summed E-state index contributed by atoms with van der Waals surface area (Å²) in [6.45, 7) is 1.36. The van der Waals surface area contributed by atoms with E-state index in [1.54, 1.807) is 22.8 Å². The van der Waals surface area contributed by atoms with Crippen LogP contribution in [0.15, 0.2) is 23.0 Å². The number of fused-ring (bicyclic) bond motifs is 2. The summed E-state index contributed by atoms with van der Waals surface area (Å²) in [6.07, 6.45) is 4.21. The van der Waals surface area contributed by atoms with E-state index >= 15 is 0 Å². The molecule has 120 valence electrons. The molecular weight excluding hydrogens is 294 g/mol. The molecule has 0 unspecified atom stereocenters. The van der Waals surface area contributed by atoms with Gasteiger partial charge in [-0.2, -0.15) is 0 Å². The Labute approximate surface area is 133 Å². The van der Waals surface area contributed by atoms with E-state index in [0.29, 0.717) is 23.2 Å². The fraction of sp³-hybridized carbons (Fsp3) is 0.471. The molecule has 6 nitrogen and oxygen atoms in total. The summed E-state index contributed by atoms with van der Waals surface area (Å²) >= 11 is 0. The number of nitrogens with zero attached hydrogens (tertiary/aromatic N) is 2. The molecule has 2 aliphatic heterocycles. The van der Waals surface area contributed by atoms with Crippen molar-refractivity contribution in [3.63, 3.8) is 0 Å². The summed E-state index contributed by atoms with van der Waals surface area (Å²) in [5, 5.41) is 3.40. The maximum Gasteiger partial charge on any atom is 0.261 e. The lowest BCUT2D eigenvalue weighted by Gasteiger charge is -2.18. The molecule has 1 aromatic carbocycles. The molecule has 3 heterocycles. The standard InChI is InChI=1S/C17H19N3O3/c21-16(14-4-3-9-23-14)18-11-6-7-13-12(10-11)17(22)20-8-2-1-5-15(20)19-13/h6-7,10,14H,1-5,8-9H2,(H,18,21)/t14-/m0/s1. The van der Waals surface area contributed by atoms with Gasteiger partial charge in [0.05, 0.1) is 10.9 Å². The van der Waals surface area contributed by atoms with Gasteiger partial charge in [-0.1, -0.05) is 0 Å². The third-order valence-electron chi connectivity index (χ3n) is 4.55. The maximum atomic E-state index is 12.7. The number of amides is 1. The van der Waals surface area contributed by atoms with Gasteiger partial charge < -0.3 is 10.1 Å². The summed E-state index contributed by atoms with van der Waals surface area (Å²) in [7, 11) is 0. The zero-order chi connectivity index (χ0) is 15.8. The van der Waals surface area contributed by atoms with Gasteiger partial charge in [0.2, 0.25) is 0 Å². The van der Waals surface area contributed by atoms with E-state index < -0.39 is 0 Å². The van der Waals surface area contributed by atoms with Crippen LogP contribution in [-0.4, -0.2) is 28.2 Å². The number of aromatic nitrogens is 2. The first-order chi connectivity index (χ1) is 11.2. The van der Waals surface area contributed by atoms with Crippen molar-refractivity contribution in [3.05, 3.63) is 34.4 Å². The normalized spacial score (nSPS) is 20.4. The molecule has 0 aliphatic carbocycles. The third-order valence-corrected chi connectivity index (χ3v) is 4.55. The summed E-state index contributed by atoms with van der Waals surface area (Å²) in [5.41, 5.74) is 1.30. The smallest absolute Gasteiger partial charge is 0.261 e. The topological polar surface area (TPSA) is 73.2 Å². The SMILES string of the molecule is O=C(Nc1ccc2nc3n(c(=O)c2c1)CCCC3)[C@@H]1CCCO1. The first-order valence-corrected chi connectivity index (χ1v) is 8.18. The molecule has 0 radical (unpaired) electrons. The van der Waals surface area contributed by atoms with Gasteiger partial charge in [-0.05, 0) is 43.9 Å². The Morgan fingerprint density at radius 2 is 2.22 bits per heavy atom. The number of rotatable bonds is 2. The van der Waals surface area contributed by atoms with Crippen molar-refractivity contribution in [1.29, 1.82) is 0 Å². The number of ether oxygens (including phenoxy) is 1. The van der Waals surface area contributed by atoms with E-state index in [1.807, 2.05) is 0 Å². The van der Waals surface area contributed by atoms with Crippen LogP contribution < -0.4 is 10.9 Å². The van der Waals surface area contributed by atoms with Crippen molar-refractivity contribution in [1.82, 2.24) is 9.55 Å². The first-order valence-electron chi connectivity index (χ1n) is 8.18. The predicted octanol–water partition coefficient (Wildman–Crippen LogP) is 1.85. The largest absolute Gasteiger partial charge is 0.368 e. The van der Waals surface area contributed by atoms with E-state index in [-0.39, 0.29) is 17.6 Å². The van der Waals surface area contributed by atoms with Crippen molar-refractivity contribution < 1.29 is 9.53 Å². The van der Waals surface area contributed by atoms with Crippen LogP contribution in [0.1, 0.15) is 31.5 Å². The number of anilines is 1. The van der Waals surface area contributed by atoms with Crippen LogP contribution in [0, 0.1) is 0 Å². The lowest BCUT2D eigenvalue weighted by atomic mass is 10.1. The molecule has 1 saturated heterocycles. The van der Waals surface area contributed by atoms with Gasteiger partial charge in [0.25, 0.3) is 11.5 Å². The molecule has 1 N–H and O–H groups in total. The summed E-state index contributed by atoms with van der Waals surface area (Å²) < 4.78 is 7.14. The minimum atomic E-state index is -0.381. The number of carbonyl (C=O) groups excluding carboxylic acids is 1. The monoisotopic (exact) mass is 313 g/mol. The van der Waals surface area contributed by atoms with Crippen molar-refractivity contribution in [2.24, 2.45) is 0 Å². The molecule has 1 amide bonds. The second-order valence-corrected chi connectivity index (χ2v) is 6.16. The highest BCUT2D eigenvalue weighted by Gasteiger charge is 2.23. The number of hydrogen-bond donors (Lipinski definition) is 1. The molecule has 2 aliphatic rings. The number of aryl methyl sites for hydroxylation is 1. The Morgan fingerprint density at radius 1 is 1.30 bits per heavy atom. The van der Waals surface area contributed by atoms with Crippen molar-refractivity contribution >= 4 is 22.5 Å². The third kappa shape index (κ3) is 2.63. The van der Waals surface area contributed by atoms with Crippen LogP contribution in [0.25, 0.3) is 10.9 Å². The van der Waals surface area contributed by atoms with Gasteiger partial charge in [0, 0.05) is 25.3 Å². The molecule has 23 heavy (non-hydrogen) atoms. The minimum absolute atomic E-state index is 0.0158. The zero-order valence-corrected chi connectivity index (χ0v) is 12.9. The zero-order valence-electron chi connectivity index (χ0n) is 12.9. The van der Waals surface area contributed by atoms with Gasteiger partial charge in [-0.25, -0.2) is 4.98 Å². The lowest BCUT2D eigenvalue weighted by Crippen LogP contribution is -2.29. The summed E-state index contributed by atoms with van der Waals surface area (Å²) in [5.74, 6) is 0.720. The fourth-order valence-electron chi connectivity index (χ4n) is 3.33. The van der Waals surface area contributed by atoms with Gasteiger partial charge >= 0.3 is 0 Å². The maximum absolute atomic E-state index is 12.7. The van der Waals surface area contributed by atoms with Crippen molar-refractivity contribution in [2.45, 2.75) is 44.8 Å². The van der Waals surface area contributed by atoms with Crippen LogP contribution in [-0.2, 0) is 22.5 Å². The van der Waals surface area contributed by atoms with Crippen molar-refractivity contribution in [3.8, 4) is 0 Å². The predicted molar refractivity (Wildman–Crippen MR) is 86.5 cm³/mol. The highest BCUT2D eigenvalue weighted by molar-refractivity contribution is 5.96. The Morgan fingerprint density at radius 3 is 3.04 bits per heavy atom. The average Bonchev–Trinajstić information content (AvgIpc) is 3.10. The highest BCUT2D eigenvalue weighted by atomic mass is 16.5. The molecule has 1 atom stereocenters. The highest BCUT2D eigenvalue weighted by Crippen LogP contribution is 2.20. The van der Waals surface area contributed by atoms with Crippen LogP contribution in [0.2, 0.25) is 0 Å². The minimum Gasteiger partial charge on any atom is -0.368 e. The van der Waals surface area contributed by atoms with Crippen LogP contribution in [0.4, 0.5) is 5.69 Å². The van der Waals surface area contributed by atoms with Crippen LogP contribution >= 0.6 is 0 Å². The van der Waals surface area contributed by atoms with E-state index in [1.165, 1.54) is 0 Å². The van der Waals surface area contributed by atoms with E-state index in [2.05, 4.69) is 10.3 Å². The van der Waals surface area contributed by atoms with Gasteiger partial charge in [-0.3, -0.25) is 14.2 Å². The van der Waals surface area contributed by atoms with E-state index in [4.69, 9.17) is 4.74 Å². The number of benzene rings is 1. The molecule has 4 rings (SSSR count). The molecule has 6 heteroatoms. The molecule has 0 saturated carbocycles.